The van der Waals surface area contributed by atoms with Gasteiger partial charge in [0.2, 0.25) is 5.69 Å². The smallest absolute Gasteiger partial charge is 0.265 e. The number of hydrogen-bond donors (Lipinski definition) is 0. The minimum atomic E-state index is 0.752. The second-order valence-electron chi connectivity index (χ2n) is 7.40. The zero-order valence-electron chi connectivity index (χ0n) is 17.2. The van der Waals surface area contributed by atoms with Gasteiger partial charge in [-0.2, -0.15) is 0 Å². The van der Waals surface area contributed by atoms with Crippen molar-refractivity contribution in [3.05, 3.63) is 78.5 Å². The van der Waals surface area contributed by atoms with Gasteiger partial charge in [-0.05, 0) is 36.1 Å². The Balaban J connectivity index is 1.80. The molecule has 0 saturated carbocycles. The van der Waals surface area contributed by atoms with Crippen molar-refractivity contribution in [1.29, 1.82) is 0 Å². The number of rotatable bonds is 10. The van der Waals surface area contributed by atoms with Crippen LogP contribution in [0.4, 0.5) is 0 Å². The molecule has 0 aliphatic carbocycles. The maximum absolute atomic E-state index is 6.24. The van der Waals surface area contributed by atoms with E-state index in [9.17, 15) is 0 Å². The standard InChI is InChI=1S/C26H32NO/c1-3-4-5-6-7-14-19-28-27-22(2)20-25(23-15-10-8-11-16-23)21-26(27)24-17-12-9-13-18-24/h8-13,15-18,20-21H,3-7,14,19H2,1-2H3/q+1. The molecule has 0 aliphatic heterocycles. The van der Waals surface area contributed by atoms with E-state index in [2.05, 4.69) is 86.6 Å². The van der Waals surface area contributed by atoms with Crippen LogP contribution in [0, 0.1) is 6.92 Å². The molecule has 0 amide bonds. The Morgan fingerprint density at radius 2 is 1.29 bits per heavy atom. The Labute approximate surface area is 169 Å². The maximum atomic E-state index is 6.24. The third kappa shape index (κ3) is 5.45. The highest BCUT2D eigenvalue weighted by molar-refractivity contribution is 5.69. The molecular formula is C26H32NO+. The Bertz CT molecular complexity index is 843. The first-order valence-corrected chi connectivity index (χ1v) is 10.6. The van der Waals surface area contributed by atoms with Gasteiger partial charge in [0.15, 0.2) is 6.61 Å². The molecule has 0 spiro atoms. The van der Waals surface area contributed by atoms with Gasteiger partial charge < -0.3 is 0 Å². The number of hydrogen-bond acceptors (Lipinski definition) is 1. The summed E-state index contributed by atoms with van der Waals surface area (Å²) in [6, 6.07) is 25.5. The summed E-state index contributed by atoms with van der Waals surface area (Å²) in [5, 5.41) is 0. The summed E-state index contributed by atoms with van der Waals surface area (Å²) < 4.78 is 2.01. The van der Waals surface area contributed by atoms with Crippen molar-refractivity contribution < 1.29 is 9.57 Å². The molecule has 0 unspecified atom stereocenters. The van der Waals surface area contributed by atoms with E-state index in [4.69, 9.17) is 4.84 Å². The number of aromatic nitrogens is 1. The highest BCUT2D eigenvalue weighted by atomic mass is 16.7. The second-order valence-corrected chi connectivity index (χ2v) is 7.40. The van der Waals surface area contributed by atoms with E-state index in [0.717, 1.165) is 24.4 Å². The van der Waals surface area contributed by atoms with Crippen molar-refractivity contribution in [3.63, 3.8) is 0 Å². The number of aryl methyl sites for hydroxylation is 1. The Kier molecular flexibility index (Phi) is 7.66. The van der Waals surface area contributed by atoms with E-state index in [0.29, 0.717) is 0 Å². The highest BCUT2D eigenvalue weighted by Gasteiger charge is 2.21. The SMILES string of the molecule is CCCCCCCCO[n+]1c(C)cc(-c2ccccc2)cc1-c1ccccc1. The largest absolute Gasteiger partial charge is 0.271 e. The van der Waals surface area contributed by atoms with Crippen molar-refractivity contribution in [1.82, 2.24) is 0 Å². The molecule has 1 aromatic heterocycles. The van der Waals surface area contributed by atoms with Gasteiger partial charge in [0.25, 0.3) is 5.69 Å². The Hall–Kier alpha value is -2.61. The van der Waals surface area contributed by atoms with Gasteiger partial charge in [-0.25, -0.2) is 0 Å². The van der Waals surface area contributed by atoms with Crippen LogP contribution in [0.5, 0.6) is 0 Å². The van der Waals surface area contributed by atoms with Crippen LogP contribution in [-0.4, -0.2) is 6.61 Å². The molecule has 0 saturated heterocycles. The quantitative estimate of drug-likeness (QED) is 0.295. The van der Waals surface area contributed by atoms with Crippen LogP contribution in [-0.2, 0) is 0 Å². The first-order chi connectivity index (χ1) is 13.8. The Morgan fingerprint density at radius 3 is 1.96 bits per heavy atom. The number of pyridine rings is 1. The van der Waals surface area contributed by atoms with Crippen LogP contribution >= 0.6 is 0 Å². The molecule has 3 aromatic rings. The lowest BCUT2D eigenvalue weighted by Gasteiger charge is -2.09. The molecule has 0 radical (unpaired) electrons. The third-order valence-electron chi connectivity index (χ3n) is 5.09. The summed E-state index contributed by atoms with van der Waals surface area (Å²) in [6.07, 6.45) is 7.61. The fourth-order valence-electron chi connectivity index (χ4n) is 3.54. The lowest BCUT2D eigenvalue weighted by molar-refractivity contribution is -0.886. The van der Waals surface area contributed by atoms with Gasteiger partial charge in [-0.1, -0.05) is 81.1 Å². The number of nitrogens with zero attached hydrogens (tertiary/aromatic N) is 1. The topological polar surface area (TPSA) is 13.1 Å². The molecule has 2 nitrogen and oxygen atoms in total. The first kappa shape index (κ1) is 20.1. The van der Waals surface area contributed by atoms with Crippen LogP contribution in [0.1, 0.15) is 51.1 Å². The van der Waals surface area contributed by atoms with Gasteiger partial charge in [-0.15, -0.1) is 0 Å². The second kappa shape index (κ2) is 10.7. The molecular weight excluding hydrogens is 342 g/mol. The predicted octanol–water partition coefficient (Wildman–Crippen LogP) is 6.41. The summed E-state index contributed by atoms with van der Waals surface area (Å²) in [4.78, 5) is 6.24. The maximum Gasteiger partial charge on any atom is 0.265 e. The van der Waals surface area contributed by atoms with E-state index >= 15 is 0 Å². The zero-order chi connectivity index (χ0) is 19.6. The minimum Gasteiger partial charge on any atom is -0.271 e. The fourth-order valence-corrected chi connectivity index (χ4v) is 3.54. The zero-order valence-corrected chi connectivity index (χ0v) is 17.2. The van der Waals surface area contributed by atoms with E-state index in [1.807, 2.05) is 4.73 Å². The summed E-state index contributed by atoms with van der Waals surface area (Å²) in [6.45, 7) is 5.13. The van der Waals surface area contributed by atoms with E-state index in [-0.39, 0.29) is 0 Å². The molecule has 1 heterocycles. The normalized spacial score (nSPS) is 10.8. The predicted molar refractivity (Wildman–Crippen MR) is 117 cm³/mol. The van der Waals surface area contributed by atoms with E-state index in [1.54, 1.807) is 0 Å². The van der Waals surface area contributed by atoms with Crippen LogP contribution in [0.3, 0.4) is 0 Å². The summed E-state index contributed by atoms with van der Waals surface area (Å²) >= 11 is 0. The lowest BCUT2D eigenvalue weighted by Crippen LogP contribution is -2.47. The molecule has 0 bridgehead atoms. The van der Waals surface area contributed by atoms with Crippen molar-refractivity contribution in [2.24, 2.45) is 0 Å². The van der Waals surface area contributed by atoms with Crippen LogP contribution < -0.4 is 9.57 Å². The van der Waals surface area contributed by atoms with E-state index in [1.165, 1.54) is 48.8 Å². The molecule has 0 aliphatic rings. The van der Waals surface area contributed by atoms with Gasteiger partial charge in [0, 0.05) is 23.8 Å². The molecule has 146 valence electrons. The molecule has 0 fully saturated rings. The van der Waals surface area contributed by atoms with Crippen molar-refractivity contribution in [2.45, 2.75) is 52.4 Å². The molecule has 2 aromatic carbocycles. The first-order valence-electron chi connectivity index (χ1n) is 10.6. The van der Waals surface area contributed by atoms with Gasteiger partial charge in [0.1, 0.15) is 0 Å². The number of benzene rings is 2. The average Bonchev–Trinajstić information content (AvgIpc) is 2.75. The molecule has 0 atom stereocenters. The fraction of sp³-hybridized carbons (Fsp3) is 0.346. The summed E-state index contributed by atoms with van der Waals surface area (Å²) in [7, 11) is 0. The lowest BCUT2D eigenvalue weighted by atomic mass is 10.0. The Morgan fingerprint density at radius 1 is 0.679 bits per heavy atom. The summed E-state index contributed by atoms with van der Waals surface area (Å²) in [5.41, 5.74) is 5.84. The van der Waals surface area contributed by atoms with Gasteiger partial charge in [-0.3, -0.25) is 4.84 Å². The average molecular weight is 375 g/mol. The van der Waals surface area contributed by atoms with Crippen LogP contribution in [0.2, 0.25) is 0 Å². The monoisotopic (exact) mass is 374 g/mol. The van der Waals surface area contributed by atoms with E-state index < -0.39 is 0 Å². The van der Waals surface area contributed by atoms with Crippen molar-refractivity contribution in [3.8, 4) is 22.4 Å². The summed E-state index contributed by atoms with van der Waals surface area (Å²) in [5.74, 6) is 0. The van der Waals surface area contributed by atoms with Gasteiger partial charge >= 0.3 is 0 Å². The molecule has 0 N–H and O–H groups in total. The minimum absolute atomic E-state index is 0.752. The number of unbranched alkanes of at least 4 members (excludes halogenated alkanes) is 5. The molecule has 2 heteroatoms. The third-order valence-corrected chi connectivity index (χ3v) is 5.09. The van der Waals surface area contributed by atoms with Gasteiger partial charge in [0.05, 0.1) is 5.56 Å². The molecule has 28 heavy (non-hydrogen) atoms. The van der Waals surface area contributed by atoms with Crippen molar-refractivity contribution >= 4 is 0 Å². The van der Waals surface area contributed by atoms with Crippen LogP contribution in [0.15, 0.2) is 72.8 Å². The highest BCUT2D eigenvalue weighted by Crippen LogP contribution is 2.24. The molecule has 3 rings (SSSR count). The van der Waals surface area contributed by atoms with Crippen LogP contribution in [0.25, 0.3) is 22.4 Å². The van der Waals surface area contributed by atoms with Crippen molar-refractivity contribution in [2.75, 3.05) is 6.61 Å².